The molecule has 0 unspecified atom stereocenters. The maximum absolute atomic E-state index is 13.5. The molecule has 5 rings (SSSR count). The van der Waals surface area contributed by atoms with Crippen LogP contribution in [0.4, 0.5) is 72.6 Å². The van der Waals surface area contributed by atoms with E-state index in [-0.39, 0.29) is 46.3 Å². The zero-order chi connectivity index (χ0) is 25.5. The van der Waals surface area contributed by atoms with Gasteiger partial charge >= 0.3 is 12.4 Å². The van der Waals surface area contributed by atoms with Crippen LogP contribution >= 0.6 is 0 Å². The number of hydrogen-bond acceptors (Lipinski definition) is 8. The number of rotatable bonds is 0. The third-order valence-electron chi connectivity index (χ3n) is 4.89. The summed E-state index contributed by atoms with van der Waals surface area (Å²) in [4.78, 5) is 16.3. The lowest BCUT2D eigenvalue weighted by Gasteiger charge is -2.16. The molecule has 0 radical (unpaired) electrons. The second kappa shape index (κ2) is 8.55. The summed E-state index contributed by atoms with van der Waals surface area (Å²) in [7, 11) is 0. The first-order valence-corrected chi connectivity index (χ1v) is 10.2. The van der Waals surface area contributed by atoms with Gasteiger partial charge in [0, 0.05) is 35.1 Å². The summed E-state index contributed by atoms with van der Waals surface area (Å²) in [6.45, 7) is 0. The highest BCUT2D eigenvalue weighted by molar-refractivity contribution is 5.71. The molecule has 3 heterocycles. The maximum Gasteiger partial charge on any atom is 0.416 e. The minimum Gasteiger partial charge on any atom is -0.340 e. The number of alkyl halides is 6. The Morgan fingerprint density at radius 3 is 1.22 bits per heavy atom. The summed E-state index contributed by atoms with van der Waals surface area (Å²) in [5.74, 6) is 0.0564. The molecule has 0 fully saturated rings. The first kappa shape index (κ1) is 23.1. The highest BCUT2D eigenvalue weighted by Gasteiger charge is 2.32. The van der Waals surface area contributed by atoms with Crippen molar-refractivity contribution in [2.24, 2.45) is 0 Å². The molecule has 0 amide bonds. The summed E-state index contributed by atoms with van der Waals surface area (Å²) >= 11 is 0. The number of anilines is 8. The zero-order valence-electron chi connectivity index (χ0n) is 17.8. The van der Waals surface area contributed by atoms with E-state index in [0.29, 0.717) is 0 Å². The molecule has 8 bridgehead atoms. The van der Waals surface area contributed by atoms with Crippen LogP contribution in [0.25, 0.3) is 0 Å². The van der Waals surface area contributed by atoms with E-state index in [1.54, 1.807) is 0 Å². The number of halogens is 6. The molecule has 184 valence electrons. The van der Waals surface area contributed by atoms with Crippen molar-refractivity contribution in [2.45, 2.75) is 12.4 Å². The van der Waals surface area contributed by atoms with Crippen LogP contribution in [0.5, 0.6) is 0 Å². The van der Waals surface area contributed by atoms with Gasteiger partial charge in [-0.05, 0) is 48.5 Å². The Balaban J connectivity index is 1.65. The second-order valence-electron chi connectivity index (χ2n) is 7.62. The van der Waals surface area contributed by atoms with Crippen LogP contribution in [0.1, 0.15) is 11.1 Å². The predicted molar refractivity (Wildman–Crippen MR) is 120 cm³/mol. The molecular weight excluding hydrogens is 490 g/mol. The molecular formula is C22H14F6N8. The van der Waals surface area contributed by atoms with Crippen molar-refractivity contribution >= 4 is 46.3 Å². The fourth-order valence-corrected chi connectivity index (χ4v) is 3.40. The summed E-state index contributed by atoms with van der Waals surface area (Å²) in [6.07, 6.45) is -6.68. The third kappa shape index (κ3) is 5.21. The Morgan fingerprint density at radius 2 is 0.861 bits per heavy atom. The van der Waals surface area contributed by atoms with E-state index in [9.17, 15) is 26.3 Å². The second-order valence-corrected chi connectivity index (χ2v) is 7.62. The van der Waals surface area contributed by atoms with Crippen LogP contribution in [-0.4, -0.2) is 19.9 Å². The van der Waals surface area contributed by atoms with Crippen molar-refractivity contribution in [3.63, 3.8) is 0 Å². The van der Waals surface area contributed by atoms with Gasteiger partial charge in [-0.2, -0.15) is 36.3 Å². The third-order valence-corrected chi connectivity index (χ3v) is 4.89. The summed E-state index contributed by atoms with van der Waals surface area (Å²) < 4.78 is 81.2. The lowest BCUT2D eigenvalue weighted by molar-refractivity contribution is -0.138. The number of nitrogens with zero attached hydrogens (tertiary/aromatic N) is 4. The molecule has 2 aromatic heterocycles. The molecule has 14 heteroatoms. The highest BCUT2D eigenvalue weighted by atomic mass is 19.4. The lowest BCUT2D eigenvalue weighted by Crippen LogP contribution is -2.09. The molecule has 0 aliphatic carbocycles. The normalized spacial score (nSPS) is 13.1. The standard InChI is InChI=1S/C22H14F6N8/c23-21(24,25)11-5-13-9-15(7-11)34-20-30-4-2-18(36-20)32-14-6-12(22(26,27)28)8-16(10-14)33-19-29-3-1-17(31-13)35-19/h1-10H,(H2,29,31,33,35)(H2,30,32,34,36). The van der Waals surface area contributed by atoms with E-state index < -0.39 is 23.5 Å². The van der Waals surface area contributed by atoms with Crippen molar-refractivity contribution in [3.8, 4) is 0 Å². The molecule has 0 saturated carbocycles. The van der Waals surface area contributed by atoms with Crippen LogP contribution in [0.2, 0.25) is 0 Å². The van der Waals surface area contributed by atoms with E-state index >= 15 is 0 Å². The maximum atomic E-state index is 13.5. The van der Waals surface area contributed by atoms with Crippen LogP contribution in [-0.2, 0) is 12.4 Å². The quantitative estimate of drug-likeness (QED) is 0.175. The largest absolute Gasteiger partial charge is 0.416 e. The summed E-state index contributed by atoms with van der Waals surface area (Å²) in [5.41, 5.74) is -1.75. The molecule has 36 heavy (non-hydrogen) atoms. The fourth-order valence-electron chi connectivity index (χ4n) is 3.40. The molecule has 4 aromatic rings. The van der Waals surface area contributed by atoms with Gasteiger partial charge in [0.2, 0.25) is 11.9 Å². The van der Waals surface area contributed by atoms with Gasteiger partial charge in [0.05, 0.1) is 11.1 Å². The topological polar surface area (TPSA) is 99.7 Å². The van der Waals surface area contributed by atoms with Gasteiger partial charge in [-0.1, -0.05) is 0 Å². The van der Waals surface area contributed by atoms with Gasteiger partial charge in [-0.25, -0.2) is 9.97 Å². The Kier molecular flexibility index (Phi) is 5.50. The van der Waals surface area contributed by atoms with Crippen molar-refractivity contribution < 1.29 is 26.3 Å². The van der Waals surface area contributed by atoms with E-state index in [1.165, 1.54) is 36.7 Å². The molecule has 0 atom stereocenters. The van der Waals surface area contributed by atoms with Crippen LogP contribution < -0.4 is 21.3 Å². The Morgan fingerprint density at radius 1 is 0.500 bits per heavy atom. The smallest absolute Gasteiger partial charge is 0.340 e. The van der Waals surface area contributed by atoms with Gasteiger partial charge in [-0.15, -0.1) is 0 Å². The number of aromatic nitrogens is 4. The Labute approximate surface area is 198 Å². The van der Waals surface area contributed by atoms with E-state index in [0.717, 1.165) is 24.3 Å². The van der Waals surface area contributed by atoms with Gasteiger partial charge in [0.25, 0.3) is 0 Å². The first-order chi connectivity index (χ1) is 17.0. The Bertz CT molecular complexity index is 1250. The summed E-state index contributed by atoms with van der Waals surface area (Å²) in [5, 5.41) is 10.9. The average molecular weight is 504 g/mol. The van der Waals surface area contributed by atoms with Gasteiger partial charge < -0.3 is 21.3 Å². The van der Waals surface area contributed by atoms with Crippen LogP contribution in [0.3, 0.4) is 0 Å². The van der Waals surface area contributed by atoms with E-state index in [2.05, 4.69) is 41.2 Å². The number of nitrogens with one attached hydrogen (secondary N) is 4. The SMILES string of the molecule is FC(F)(F)c1cc2cc(c1)Nc1nccc(n1)Nc1cc(cc(C(F)(F)F)c1)Nc1nccc(n1)N2. The zero-order valence-corrected chi connectivity index (χ0v) is 17.8. The number of fused-ring (bicyclic) bond motifs is 8. The first-order valence-electron chi connectivity index (χ1n) is 10.2. The molecule has 1 aliphatic heterocycles. The molecule has 2 aromatic carbocycles. The average Bonchev–Trinajstić information content (AvgIpc) is 2.77. The van der Waals surface area contributed by atoms with Crippen molar-refractivity contribution in [2.75, 3.05) is 21.3 Å². The van der Waals surface area contributed by atoms with E-state index in [1.807, 2.05) is 0 Å². The minimum atomic E-state index is -4.64. The minimum absolute atomic E-state index is 0.0188. The highest BCUT2D eigenvalue weighted by Crippen LogP contribution is 2.36. The van der Waals surface area contributed by atoms with Crippen LogP contribution in [0, 0.1) is 0 Å². The number of hydrogen-bond donors (Lipinski definition) is 4. The van der Waals surface area contributed by atoms with Crippen molar-refractivity contribution in [3.05, 3.63) is 72.1 Å². The predicted octanol–water partition coefficient (Wildman–Crippen LogP) is 6.59. The van der Waals surface area contributed by atoms with Crippen LogP contribution in [0.15, 0.2) is 60.9 Å². The Hall–Kier alpha value is -4.62. The molecule has 4 N–H and O–H groups in total. The van der Waals surface area contributed by atoms with Crippen molar-refractivity contribution in [1.82, 2.24) is 19.9 Å². The monoisotopic (exact) mass is 504 g/mol. The van der Waals surface area contributed by atoms with Gasteiger partial charge in [0.1, 0.15) is 11.6 Å². The summed E-state index contributed by atoms with van der Waals surface area (Å²) in [6, 6.07) is 9.13. The van der Waals surface area contributed by atoms with Gasteiger partial charge in [-0.3, -0.25) is 0 Å². The molecule has 8 nitrogen and oxygen atoms in total. The lowest BCUT2D eigenvalue weighted by atomic mass is 10.1. The molecule has 1 aliphatic rings. The molecule has 0 spiro atoms. The van der Waals surface area contributed by atoms with E-state index in [4.69, 9.17) is 0 Å². The molecule has 0 saturated heterocycles. The number of benzene rings is 2. The fraction of sp³-hybridized carbons (Fsp3) is 0.0909. The van der Waals surface area contributed by atoms with Crippen molar-refractivity contribution in [1.29, 1.82) is 0 Å². The van der Waals surface area contributed by atoms with Gasteiger partial charge in [0.15, 0.2) is 0 Å².